The number of amides is 1. The van der Waals surface area contributed by atoms with Gasteiger partial charge in [0.2, 0.25) is 0 Å². The van der Waals surface area contributed by atoms with E-state index in [-0.39, 0.29) is 12.1 Å². The Bertz CT molecular complexity index is 1010. The molecule has 148 valence electrons. The molecule has 1 unspecified atom stereocenters. The first-order valence-electron chi connectivity index (χ1n) is 9.38. The third-order valence-electron chi connectivity index (χ3n) is 4.90. The predicted octanol–water partition coefficient (Wildman–Crippen LogP) is 2.72. The summed E-state index contributed by atoms with van der Waals surface area (Å²) < 4.78 is 6.06. The topological polar surface area (TPSA) is 106 Å². The van der Waals surface area contributed by atoms with E-state index in [9.17, 15) is 4.79 Å². The van der Waals surface area contributed by atoms with Crippen molar-refractivity contribution >= 4 is 17.3 Å². The highest BCUT2D eigenvalue weighted by atomic mass is 16.5. The van der Waals surface area contributed by atoms with Gasteiger partial charge in [-0.15, -0.1) is 0 Å². The molecule has 29 heavy (non-hydrogen) atoms. The number of anilines is 2. The number of fused-ring (bicyclic) bond motifs is 1. The Labute approximate surface area is 169 Å². The minimum absolute atomic E-state index is 0.346. The van der Waals surface area contributed by atoms with Crippen LogP contribution in [0.2, 0.25) is 0 Å². The Morgan fingerprint density at radius 1 is 1.07 bits per heavy atom. The van der Waals surface area contributed by atoms with Crippen molar-refractivity contribution in [1.82, 2.24) is 5.43 Å². The molecule has 0 saturated heterocycles. The molecule has 7 heteroatoms. The van der Waals surface area contributed by atoms with Crippen LogP contribution < -0.4 is 32.2 Å². The van der Waals surface area contributed by atoms with E-state index in [2.05, 4.69) is 22.9 Å². The van der Waals surface area contributed by atoms with Gasteiger partial charge in [-0.3, -0.25) is 10.2 Å². The summed E-state index contributed by atoms with van der Waals surface area (Å²) >= 11 is 0. The maximum absolute atomic E-state index is 11.8. The number of ether oxygens (including phenoxy) is 1. The smallest absolute Gasteiger partial charge is 0.265 e. The van der Waals surface area contributed by atoms with Crippen molar-refractivity contribution in [1.29, 1.82) is 0 Å². The summed E-state index contributed by atoms with van der Waals surface area (Å²) in [6, 6.07) is 23.2. The second-order valence-corrected chi connectivity index (χ2v) is 6.85. The van der Waals surface area contributed by atoms with Crippen LogP contribution in [0.4, 0.5) is 11.4 Å². The number of nitrogens with zero attached hydrogens (tertiary/aromatic N) is 1. The van der Waals surface area contributed by atoms with Crippen LogP contribution in [0, 0.1) is 0 Å². The zero-order valence-electron chi connectivity index (χ0n) is 15.8. The lowest BCUT2D eigenvalue weighted by Gasteiger charge is -2.19. The lowest BCUT2D eigenvalue weighted by atomic mass is 10.1. The van der Waals surface area contributed by atoms with Crippen LogP contribution in [0.15, 0.2) is 72.8 Å². The molecular formula is C22H23N5O2. The fourth-order valence-electron chi connectivity index (χ4n) is 3.31. The van der Waals surface area contributed by atoms with Crippen LogP contribution in [-0.2, 0) is 6.42 Å². The molecule has 3 aromatic rings. The normalized spacial score (nSPS) is 14.5. The van der Waals surface area contributed by atoms with Crippen molar-refractivity contribution in [2.45, 2.75) is 12.6 Å². The van der Waals surface area contributed by atoms with Gasteiger partial charge in [-0.25, -0.2) is 11.7 Å². The molecule has 7 nitrogen and oxygen atoms in total. The fraction of sp³-hybridized carbons (Fsp3) is 0.136. The summed E-state index contributed by atoms with van der Waals surface area (Å²) in [5.74, 6) is 11.8. The highest BCUT2D eigenvalue weighted by Crippen LogP contribution is 2.40. The van der Waals surface area contributed by atoms with E-state index in [0.29, 0.717) is 12.1 Å². The third kappa shape index (κ3) is 4.16. The second kappa shape index (κ2) is 8.22. The molecule has 1 aliphatic heterocycles. The van der Waals surface area contributed by atoms with E-state index in [1.807, 2.05) is 42.5 Å². The SMILES string of the molecule is NNC(=O)c1cccc(C2Nc3ccc(N(N)CCc4ccccc4)cc3O2)c1. The van der Waals surface area contributed by atoms with E-state index in [1.165, 1.54) is 5.56 Å². The van der Waals surface area contributed by atoms with Gasteiger partial charge >= 0.3 is 0 Å². The summed E-state index contributed by atoms with van der Waals surface area (Å²) in [5.41, 5.74) is 6.44. The number of hydrogen-bond donors (Lipinski definition) is 4. The number of hydrazine groups is 2. The molecule has 0 radical (unpaired) electrons. The zero-order chi connectivity index (χ0) is 20.2. The minimum atomic E-state index is -0.388. The number of rotatable bonds is 6. The Morgan fingerprint density at radius 2 is 1.90 bits per heavy atom. The van der Waals surface area contributed by atoms with E-state index in [4.69, 9.17) is 16.4 Å². The van der Waals surface area contributed by atoms with E-state index in [1.54, 1.807) is 23.2 Å². The van der Waals surface area contributed by atoms with Crippen molar-refractivity contribution in [3.8, 4) is 5.75 Å². The third-order valence-corrected chi connectivity index (χ3v) is 4.90. The molecule has 0 saturated carbocycles. The number of hydrogen-bond acceptors (Lipinski definition) is 6. The molecule has 4 rings (SSSR count). The Hall–Kier alpha value is -3.55. The second-order valence-electron chi connectivity index (χ2n) is 6.85. The molecule has 1 aliphatic rings. The standard InChI is InChI=1S/C22H23N5O2/c23-26-21(28)16-7-4-8-17(13-16)22-25-19-10-9-18(14-20(19)29-22)27(24)12-11-15-5-2-1-3-6-15/h1-10,13-14,22,25H,11-12,23-24H2,(H,26,28). The first-order chi connectivity index (χ1) is 14.1. The molecule has 0 aromatic heterocycles. The van der Waals surface area contributed by atoms with Crippen LogP contribution in [0.3, 0.4) is 0 Å². The largest absolute Gasteiger partial charge is 0.464 e. The zero-order valence-corrected chi connectivity index (χ0v) is 15.8. The first kappa shape index (κ1) is 18.8. The molecular weight excluding hydrogens is 366 g/mol. The Morgan fingerprint density at radius 3 is 2.69 bits per heavy atom. The van der Waals surface area contributed by atoms with Crippen LogP contribution in [0.1, 0.15) is 27.7 Å². The molecule has 1 amide bonds. The van der Waals surface area contributed by atoms with Gasteiger partial charge in [-0.05, 0) is 36.2 Å². The number of nitrogens with one attached hydrogen (secondary N) is 2. The molecule has 6 N–H and O–H groups in total. The highest BCUT2D eigenvalue weighted by Gasteiger charge is 2.24. The summed E-state index contributed by atoms with van der Waals surface area (Å²) in [6.07, 6.45) is 0.466. The van der Waals surface area contributed by atoms with Gasteiger partial charge in [-0.1, -0.05) is 42.5 Å². The Kier molecular flexibility index (Phi) is 5.33. The summed E-state index contributed by atoms with van der Waals surface area (Å²) in [6.45, 7) is 0.690. The number of nitrogen functional groups attached to an aromatic ring is 1. The number of carbonyl (C=O) groups excluding carboxylic acids is 1. The van der Waals surface area contributed by atoms with Gasteiger partial charge in [0.1, 0.15) is 5.75 Å². The minimum Gasteiger partial charge on any atom is -0.464 e. The van der Waals surface area contributed by atoms with E-state index < -0.39 is 0 Å². The average molecular weight is 389 g/mol. The van der Waals surface area contributed by atoms with Crippen molar-refractivity contribution in [3.63, 3.8) is 0 Å². The van der Waals surface area contributed by atoms with E-state index in [0.717, 1.165) is 29.1 Å². The highest BCUT2D eigenvalue weighted by molar-refractivity contribution is 5.93. The van der Waals surface area contributed by atoms with Crippen molar-refractivity contribution in [2.24, 2.45) is 11.7 Å². The van der Waals surface area contributed by atoms with Crippen molar-refractivity contribution in [3.05, 3.63) is 89.5 Å². The lowest BCUT2D eigenvalue weighted by molar-refractivity contribution is 0.0953. The quantitative estimate of drug-likeness (QED) is 0.293. The molecule has 1 atom stereocenters. The molecule has 1 heterocycles. The first-order valence-corrected chi connectivity index (χ1v) is 9.38. The van der Waals surface area contributed by atoms with Gasteiger partial charge in [0.25, 0.3) is 5.91 Å². The summed E-state index contributed by atoms with van der Waals surface area (Å²) in [4.78, 5) is 11.8. The van der Waals surface area contributed by atoms with Crippen molar-refractivity contribution < 1.29 is 9.53 Å². The van der Waals surface area contributed by atoms with Gasteiger partial charge in [-0.2, -0.15) is 0 Å². The van der Waals surface area contributed by atoms with E-state index >= 15 is 0 Å². The summed E-state index contributed by atoms with van der Waals surface area (Å²) in [5, 5.41) is 5.03. The number of carbonyl (C=O) groups is 1. The maximum Gasteiger partial charge on any atom is 0.265 e. The van der Waals surface area contributed by atoms with Crippen LogP contribution >= 0.6 is 0 Å². The fourth-order valence-corrected chi connectivity index (χ4v) is 3.31. The van der Waals surface area contributed by atoms with Gasteiger partial charge in [0, 0.05) is 23.7 Å². The molecule has 3 aromatic carbocycles. The molecule has 0 spiro atoms. The number of nitrogens with two attached hydrogens (primary N) is 2. The lowest BCUT2D eigenvalue weighted by Crippen LogP contribution is -2.32. The van der Waals surface area contributed by atoms with Gasteiger partial charge < -0.3 is 15.1 Å². The molecule has 0 aliphatic carbocycles. The van der Waals surface area contributed by atoms with Crippen LogP contribution in [0.5, 0.6) is 5.75 Å². The number of benzene rings is 3. The molecule has 0 bridgehead atoms. The maximum atomic E-state index is 11.8. The van der Waals surface area contributed by atoms with Crippen LogP contribution in [-0.4, -0.2) is 12.5 Å². The predicted molar refractivity (Wildman–Crippen MR) is 113 cm³/mol. The van der Waals surface area contributed by atoms with Gasteiger partial charge in [0.15, 0.2) is 6.23 Å². The molecule has 0 fully saturated rings. The van der Waals surface area contributed by atoms with Crippen LogP contribution in [0.25, 0.3) is 0 Å². The summed E-state index contributed by atoms with van der Waals surface area (Å²) in [7, 11) is 0. The average Bonchev–Trinajstić information content (AvgIpc) is 3.21. The Balaban J connectivity index is 1.45. The monoisotopic (exact) mass is 389 g/mol. The van der Waals surface area contributed by atoms with Gasteiger partial charge in [0.05, 0.1) is 11.4 Å². The van der Waals surface area contributed by atoms with Crippen molar-refractivity contribution in [2.75, 3.05) is 16.9 Å².